The molecule has 0 bridgehead atoms. The Morgan fingerprint density at radius 2 is 1.02 bits per heavy atom. The number of guanidine groups is 2. The quantitative estimate of drug-likeness (QED) is 0.0743. The van der Waals surface area contributed by atoms with Gasteiger partial charge < -0.3 is 29.9 Å². The lowest BCUT2D eigenvalue weighted by atomic mass is 10.2. The summed E-state index contributed by atoms with van der Waals surface area (Å²) in [5, 5.41) is 8.20. The van der Waals surface area contributed by atoms with Crippen LogP contribution < -0.4 is 10.6 Å². The molecule has 13 heteroatoms. The van der Waals surface area contributed by atoms with Crippen LogP contribution in [0.1, 0.15) is 60.9 Å². The first-order chi connectivity index (χ1) is 24.3. The van der Waals surface area contributed by atoms with E-state index >= 15 is 0 Å². The van der Waals surface area contributed by atoms with Gasteiger partial charge in [0, 0.05) is 48.3 Å². The zero-order chi connectivity index (χ0) is 35.6. The lowest BCUT2D eigenvalue weighted by Crippen LogP contribution is -2.36. The van der Waals surface area contributed by atoms with Gasteiger partial charge in [0.15, 0.2) is 0 Å². The number of hydrogen-bond acceptors (Lipinski definition) is 9. The Morgan fingerprint density at radius 1 is 0.640 bits per heavy atom. The fraction of sp³-hybridized carbons (Fsp3) is 0.324. The van der Waals surface area contributed by atoms with Gasteiger partial charge in [-0.15, -0.1) is 22.7 Å². The van der Waals surface area contributed by atoms with E-state index in [9.17, 15) is 9.59 Å². The molecule has 0 atom stereocenters. The molecule has 0 fully saturated rings. The molecule has 3 aromatic heterocycles. The van der Waals surface area contributed by atoms with E-state index in [-0.39, 0.29) is 13.2 Å². The van der Waals surface area contributed by atoms with Crippen LogP contribution in [0.25, 0.3) is 20.4 Å². The van der Waals surface area contributed by atoms with E-state index in [1.807, 2.05) is 66.7 Å². The van der Waals surface area contributed by atoms with Gasteiger partial charge in [-0.05, 0) is 71.9 Å². The van der Waals surface area contributed by atoms with Crippen molar-refractivity contribution in [2.24, 2.45) is 9.98 Å². The second-order valence-corrected chi connectivity index (χ2v) is 12.9. The number of nitrogens with zero attached hydrogens (tertiary/aromatic N) is 5. The number of carbonyl (C=O) groups is 2. The molecule has 0 saturated carbocycles. The smallest absolute Gasteiger partial charge is 0.350 e. The van der Waals surface area contributed by atoms with Crippen molar-refractivity contribution in [3.8, 4) is 0 Å². The average Bonchev–Trinajstić information content (AvgIpc) is 3.66. The van der Waals surface area contributed by atoms with Crippen LogP contribution in [0, 0.1) is 0 Å². The van der Waals surface area contributed by atoms with Crippen LogP contribution in [0.2, 0.25) is 0 Å². The van der Waals surface area contributed by atoms with Gasteiger partial charge in [-0.25, -0.2) is 24.6 Å². The van der Waals surface area contributed by atoms with E-state index in [0.717, 1.165) is 11.4 Å². The van der Waals surface area contributed by atoms with Crippen molar-refractivity contribution in [2.75, 3.05) is 50.0 Å². The van der Waals surface area contributed by atoms with E-state index in [1.54, 1.807) is 13.8 Å². The van der Waals surface area contributed by atoms with Gasteiger partial charge in [0.25, 0.3) is 0 Å². The number of carbonyl (C=O) groups excluding carboxylic acids is 2. The summed E-state index contributed by atoms with van der Waals surface area (Å²) in [6.07, 6.45) is 0. The molecule has 0 aliphatic rings. The Balaban J connectivity index is 1.80. The first-order valence-corrected chi connectivity index (χ1v) is 18.5. The molecule has 11 nitrogen and oxygen atoms in total. The lowest BCUT2D eigenvalue weighted by molar-refractivity contribution is 0.0523. The molecule has 5 rings (SSSR count). The number of hydrogen-bond donors (Lipinski definition) is 2. The van der Waals surface area contributed by atoms with Gasteiger partial charge in [0.1, 0.15) is 30.8 Å². The summed E-state index contributed by atoms with van der Waals surface area (Å²) >= 11 is 2.44. The van der Waals surface area contributed by atoms with Crippen molar-refractivity contribution < 1.29 is 19.1 Å². The molecule has 0 radical (unpaired) electrons. The van der Waals surface area contributed by atoms with Crippen molar-refractivity contribution >= 4 is 89.7 Å². The number of rotatable bonds is 12. The van der Waals surface area contributed by atoms with Gasteiger partial charge in [0.2, 0.25) is 11.9 Å². The number of aromatic nitrogens is 1. The minimum Gasteiger partial charge on any atom is -0.462 e. The zero-order valence-corrected chi connectivity index (χ0v) is 30.9. The van der Waals surface area contributed by atoms with Gasteiger partial charge in [-0.1, -0.05) is 36.4 Å². The third kappa shape index (κ3) is 8.06. The van der Waals surface area contributed by atoms with Crippen LogP contribution in [-0.2, 0) is 9.47 Å². The van der Waals surface area contributed by atoms with Gasteiger partial charge in [0.05, 0.1) is 13.2 Å². The SMILES string of the molecule is CCOC(=O)c1sc2nc3sc(C(=O)OCC)c(N=C(Nc4ccccc4)N(CC)CC)c3cc2c1N=C(Nc1ccccc1)N(CC)CC. The fourth-order valence-electron chi connectivity index (χ4n) is 5.32. The number of para-hydroxylation sites is 2. The van der Waals surface area contributed by atoms with Crippen molar-refractivity contribution in [1.82, 2.24) is 14.8 Å². The number of benzene rings is 2. The first kappa shape index (κ1) is 36.3. The first-order valence-electron chi connectivity index (χ1n) is 16.9. The molecule has 262 valence electrons. The van der Waals surface area contributed by atoms with Gasteiger partial charge in [-0.3, -0.25) is 0 Å². The maximum absolute atomic E-state index is 13.4. The van der Waals surface area contributed by atoms with Crippen LogP contribution >= 0.6 is 22.7 Å². The Labute approximate surface area is 300 Å². The number of anilines is 2. The van der Waals surface area contributed by atoms with Crippen LogP contribution in [0.15, 0.2) is 76.7 Å². The predicted molar refractivity (Wildman–Crippen MR) is 207 cm³/mol. The van der Waals surface area contributed by atoms with Crippen molar-refractivity contribution in [3.05, 3.63) is 76.5 Å². The maximum Gasteiger partial charge on any atom is 0.350 e. The summed E-state index contributed by atoms with van der Waals surface area (Å²) < 4.78 is 11.0. The highest BCUT2D eigenvalue weighted by Crippen LogP contribution is 2.45. The second-order valence-electron chi connectivity index (χ2n) is 10.9. The normalized spacial score (nSPS) is 11.9. The summed E-state index contributed by atoms with van der Waals surface area (Å²) in [4.78, 5) is 48.1. The summed E-state index contributed by atoms with van der Waals surface area (Å²) in [7, 11) is 0. The van der Waals surface area contributed by atoms with E-state index in [4.69, 9.17) is 24.4 Å². The molecule has 3 heterocycles. The molecule has 0 unspecified atom stereocenters. The number of nitrogens with one attached hydrogen (secondary N) is 2. The highest BCUT2D eigenvalue weighted by Gasteiger charge is 2.27. The molecule has 0 aliphatic carbocycles. The molecule has 5 aromatic rings. The summed E-state index contributed by atoms with van der Waals surface area (Å²) in [5.41, 5.74) is 2.60. The number of pyridine rings is 1. The fourth-order valence-corrected chi connectivity index (χ4v) is 7.36. The average molecular weight is 714 g/mol. The number of esters is 2. The molecule has 0 saturated heterocycles. The monoisotopic (exact) mass is 713 g/mol. The highest BCUT2D eigenvalue weighted by atomic mass is 32.1. The molecule has 0 aliphatic heterocycles. The largest absolute Gasteiger partial charge is 0.462 e. The van der Waals surface area contributed by atoms with E-state index < -0.39 is 11.9 Å². The molecule has 50 heavy (non-hydrogen) atoms. The molecular formula is C37H43N7O4S2. The lowest BCUT2D eigenvalue weighted by Gasteiger charge is -2.24. The van der Waals surface area contributed by atoms with E-state index in [0.29, 0.717) is 79.7 Å². The van der Waals surface area contributed by atoms with Crippen LogP contribution in [-0.4, -0.2) is 78.0 Å². The van der Waals surface area contributed by atoms with E-state index in [1.165, 1.54) is 22.7 Å². The molecule has 0 spiro atoms. The number of fused-ring (bicyclic) bond motifs is 2. The Morgan fingerprint density at radius 3 is 1.36 bits per heavy atom. The number of thiophene rings is 2. The standard InChI is InChI=1S/C37H43N7O4S2/c1-7-43(8-2)36(38-24-19-15-13-16-20-24)40-28-26-23-27-29(41-37(44(9-3)10-4)39-25-21-17-14-18-22-25)31(35(46)48-12-6)50-33(27)42-32(26)49-30(28)34(45)47-11-5/h13-23H,7-12H2,1-6H3,(H,38,40)(H,39,41). The van der Waals surface area contributed by atoms with Crippen LogP contribution in [0.4, 0.5) is 22.7 Å². The third-order valence-corrected chi connectivity index (χ3v) is 9.97. The van der Waals surface area contributed by atoms with Gasteiger partial charge >= 0.3 is 11.9 Å². The third-order valence-electron chi connectivity index (χ3n) is 7.83. The summed E-state index contributed by atoms with van der Waals surface area (Å²) in [5.74, 6) is 0.214. The molecular weight excluding hydrogens is 671 g/mol. The topological polar surface area (TPSA) is 121 Å². The Hall–Kier alpha value is -5.01. The highest BCUT2D eigenvalue weighted by molar-refractivity contribution is 7.23. The summed E-state index contributed by atoms with van der Waals surface area (Å²) in [6, 6.07) is 21.5. The van der Waals surface area contributed by atoms with Crippen LogP contribution in [0.3, 0.4) is 0 Å². The van der Waals surface area contributed by atoms with Crippen molar-refractivity contribution in [1.29, 1.82) is 0 Å². The molecule has 2 N–H and O–H groups in total. The minimum atomic E-state index is -0.474. The zero-order valence-electron chi connectivity index (χ0n) is 29.3. The summed E-state index contributed by atoms with van der Waals surface area (Å²) in [6.45, 7) is 14.9. The van der Waals surface area contributed by atoms with Crippen LogP contribution in [0.5, 0.6) is 0 Å². The predicted octanol–water partition coefficient (Wildman–Crippen LogP) is 8.75. The molecule has 2 aromatic carbocycles. The number of ether oxygens (including phenoxy) is 2. The van der Waals surface area contributed by atoms with Gasteiger partial charge in [-0.2, -0.15) is 0 Å². The second kappa shape index (κ2) is 17.1. The molecule has 0 amide bonds. The minimum absolute atomic E-state index is 0.216. The van der Waals surface area contributed by atoms with Crippen molar-refractivity contribution in [2.45, 2.75) is 41.5 Å². The Kier molecular flexibility index (Phi) is 12.4. The number of aliphatic imine (C=N–C) groups is 2. The maximum atomic E-state index is 13.4. The Bertz CT molecular complexity index is 1840. The van der Waals surface area contributed by atoms with E-state index in [2.05, 4.69) is 48.1 Å². The van der Waals surface area contributed by atoms with Crippen molar-refractivity contribution in [3.63, 3.8) is 0 Å².